The summed E-state index contributed by atoms with van der Waals surface area (Å²) in [6.07, 6.45) is 10.6. The molecule has 0 unspecified atom stereocenters. The molecule has 43 heavy (non-hydrogen) atoms. The minimum Gasteiger partial charge on any atom is -0.368 e. The van der Waals surface area contributed by atoms with Gasteiger partial charge >= 0.3 is 0 Å². The van der Waals surface area contributed by atoms with Crippen LogP contribution in [0, 0.1) is 6.92 Å². The average Bonchev–Trinajstić information content (AvgIpc) is 3.04. The summed E-state index contributed by atoms with van der Waals surface area (Å²) < 4.78 is 1.11. The Morgan fingerprint density at radius 3 is 1.93 bits per heavy atom. The minimum absolute atomic E-state index is 0.487. The molecule has 0 amide bonds. The highest BCUT2D eigenvalue weighted by molar-refractivity contribution is 5.74. The summed E-state index contributed by atoms with van der Waals surface area (Å²) in [5, 5.41) is 3.82. The van der Waals surface area contributed by atoms with Gasteiger partial charge in [-0.25, -0.2) is 0 Å². The molecule has 0 radical (unpaired) electrons. The van der Waals surface area contributed by atoms with Crippen molar-refractivity contribution in [2.75, 3.05) is 34.2 Å². The zero-order valence-electron chi connectivity index (χ0n) is 28.5. The molecule has 0 aromatic heterocycles. The molecule has 0 aliphatic carbocycles. The summed E-state index contributed by atoms with van der Waals surface area (Å²) in [4.78, 5) is 18.2. The highest BCUT2D eigenvalue weighted by Crippen LogP contribution is 2.23. The molecule has 1 heterocycles. The average molecular weight is 589 g/mol. The number of rotatable bonds is 8. The lowest BCUT2D eigenvalue weighted by Gasteiger charge is -2.39. The molecule has 5 nitrogen and oxygen atoms in total. The smallest absolute Gasteiger partial charge is 0.106 e. The van der Waals surface area contributed by atoms with Crippen LogP contribution in [0.1, 0.15) is 64.2 Å². The number of aryl methyl sites for hydroxylation is 1. The Balaban J connectivity index is 0. The predicted octanol–water partition coefficient (Wildman–Crippen LogP) is 8.47. The Morgan fingerprint density at radius 1 is 0.930 bits per heavy atom. The molecule has 2 aromatic rings. The third-order valence-corrected chi connectivity index (χ3v) is 7.22. The van der Waals surface area contributed by atoms with Crippen molar-refractivity contribution in [2.45, 2.75) is 60.4 Å². The van der Waals surface area contributed by atoms with Gasteiger partial charge in [0.25, 0.3) is 0 Å². The first-order valence-corrected chi connectivity index (χ1v) is 14.9. The maximum atomic E-state index is 8.00. The third kappa shape index (κ3) is 15.7. The maximum Gasteiger partial charge on any atom is 0.106 e. The summed E-state index contributed by atoms with van der Waals surface area (Å²) in [5.74, 6) is 1.10. The van der Waals surface area contributed by atoms with Crippen LogP contribution in [0.3, 0.4) is 0 Å². The molecular weight excluding hydrogens is 530 g/mol. The first-order chi connectivity index (χ1) is 20.6. The molecule has 1 N–H and O–H groups in total. The van der Waals surface area contributed by atoms with Crippen molar-refractivity contribution in [2.24, 2.45) is 0 Å². The quantitative estimate of drug-likeness (QED) is 0.248. The van der Waals surface area contributed by atoms with E-state index in [1.54, 1.807) is 0 Å². The monoisotopic (exact) mass is 588 g/mol. The number of quaternary nitrogens is 1. The second-order valence-electron chi connectivity index (χ2n) is 10.6. The van der Waals surface area contributed by atoms with Gasteiger partial charge in [-0.1, -0.05) is 99.8 Å². The van der Waals surface area contributed by atoms with E-state index in [2.05, 4.69) is 114 Å². The molecule has 1 saturated heterocycles. The van der Waals surface area contributed by atoms with Crippen molar-refractivity contribution in [3.8, 4) is 0 Å². The molecule has 2 aromatic carbocycles. The molecule has 1 aliphatic rings. The van der Waals surface area contributed by atoms with Crippen LogP contribution in [0.2, 0.25) is 0 Å². The van der Waals surface area contributed by atoms with Crippen LogP contribution in [0.5, 0.6) is 0 Å². The van der Waals surface area contributed by atoms with Gasteiger partial charge < -0.3 is 24.3 Å². The van der Waals surface area contributed by atoms with E-state index in [1.807, 2.05) is 64.7 Å². The largest absolute Gasteiger partial charge is 0.368 e. The van der Waals surface area contributed by atoms with E-state index in [9.17, 15) is 0 Å². The maximum absolute atomic E-state index is 8.00. The van der Waals surface area contributed by atoms with E-state index in [4.69, 9.17) is 9.59 Å². The fourth-order valence-corrected chi connectivity index (χ4v) is 4.38. The van der Waals surface area contributed by atoms with Crippen molar-refractivity contribution in [3.05, 3.63) is 120 Å². The molecule has 0 bridgehead atoms. The van der Waals surface area contributed by atoms with E-state index in [-0.39, 0.29) is 0 Å². The summed E-state index contributed by atoms with van der Waals surface area (Å²) in [5.41, 5.74) is 7.11. The molecule has 0 atom stereocenters. The van der Waals surface area contributed by atoms with Crippen LogP contribution in [0.25, 0.3) is 11.6 Å². The second kappa shape index (κ2) is 23.6. The van der Waals surface area contributed by atoms with E-state index in [0.717, 1.165) is 15.9 Å². The Bertz CT molecular complexity index is 1150. The van der Waals surface area contributed by atoms with Gasteiger partial charge in [-0.15, -0.1) is 0 Å². The molecule has 1 fully saturated rings. The van der Waals surface area contributed by atoms with E-state index < -0.39 is 0 Å². The normalized spacial score (nSPS) is 14.4. The van der Waals surface area contributed by atoms with Gasteiger partial charge in [-0.3, -0.25) is 0 Å². The summed E-state index contributed by atoms with van der Waals surface area (Å²) in [7, 11) is 6.76. The summed E-state index contributed by atoms with van der Waals surface area (Å²) in [6.45, 7) is 27.1. The third-order valence-electron chi connectivity index (χ3n) is 7.22. The number of nitrogens with one attached hydrogen (secondary N) is 1. The van der Waals surface area contributed by atoms with Crippen molar-refractivity contribution in [3.63, 3.8) is 0 Å². The predicted molar refractivity (Wildman–Crippen MR) is 189 cm³/mol. The van der Waals surface area contributed by atoms with Crippen molar-refractivity contribution in [1.29, 1.82) is 0 Å². The van der Waals surface area contributed by atoms with Crippen molar-refractivity contribution >= 4 is 25.2 Å². The Morgan fingerprint density at radius 2 is 1.44 bits per heavy atom. The van der Waals surface area contributed by atoms with Crippen LogP contribution in [-0.4, -0.2) is 63.2 Å². The Hall–Kier alpha value is -3.96. The molecule has 5 heteroatoms. The molecule has 3 rings (SSSR count). The van der Waals surface area contributed by atoms with Crippen molar-refractivity contribution < 1.29 is 14.1 Å². The number of carbonyl (C=O) groups is 2. The number of piperidine rings is 1. The SMILES string of the molecule is C/C=C/c1ccccc1.C=C/C(C)=C(/C)N(C)/C(=C\C(=C)c1ccccc1C)NC1CC[N+](C)(C)CC1.C=O.C=O.CC. The molecule has 0 spiro atoms. The molecule has 236 valence electrons. The van der Waals surface area contributed by atoms with Gasteiger partial charge in [0.2, 0.25) is 0 Å². The number of hydrogen-bond donors (Lipinski definition) is 1. The van der Waals surface area contributed by atoms with Crippen LogP contribution in [-0.2, 0) is 9.59 Å². The Kier molecular flexibility index (Phi) is 22.6. The van der Waals surface area contributed by atoms with Crippen molar-refractivity contribution in [1.82, 2.24) is 10.2 Å². The number of benzene rings is 2. The van der Waals surface area contributed by atoms with Crippen LogP contribution in [0.15, 0.2) is 103 Å². The van der Waals surface area contributed by atoms with E-state index >= 15 is 0 Å². The number of allylic oxidation sites excluding steroid dienone is 6. The van der Waals surface area contributed by atoms with Crippen LogP contribution < -0.4 is 5.32 Å². The summed E-state index contributed by atoms with van der Waals surface area (Å²) in [6, 6.07) is 19.2. The van der Waals surface area contributed by atoms with E-state index in [0.29, 0.717) is 6.04 Å². The van der Waals surface area contributed by atoms with Crippen LogP contribution >= 0.6 is 0 Å². The Labute approximate surface area is 263 Å². The number of hydrogen-bond acceptors (Lipinski definition) is 4. The zero-order chi connectivity index (χ0) is 33.4. The number of likely N-dealkylation sites (tertiary alicyclic amines) is 1. The minimum atomic E-state index is 0.487. The lowest BCUT2D eigenvalue weighted by molar-refractivity contribution is -0.895. The van der Waals surface area contributed by atoms with Gasteiger partial charge in [0, 0.05) is 31.6 Å². The fraction of sp³-hybridized carbons (Fsp3) is 0.368. The topological polar surface area (TPSA) is 49.4 Å². The zero-order valence-corrected chi connectivity index (χ0v) is 28.5. The van der Waals surface area contributed by atoms with Gasteiger partial charge in [-0.2, -0.15) is 0 Å². The molecule has 1 aliphatic heterocycles. The summed E-state index contributed by atoms with van der Waals surface area (Å²) >= 11 is 0. The standard InChI is InChI=1S/C25H38N3.C9H10.C2H6.2CH2O/c1-9-19(2)22(5)27(6)25(26-23-14-16-28(7,8)17-15-23)18-21(4)24-13-11-10-12-20(24)3;1-2-6-9-7-4-3-5-8-9;3*1-2/h9-13,18,23,26H,1,4,14-17H2,2-3,5-8H3;2-8H,1H3;1-2H3;2*1H2/q+1;;;;/b22-19-,25-18-;6-2+;;;. The van der Waals surface area contributed by atoms with Gasteiger partial charge in [0.05, 0.1) is 27.2 Å². The highest BCUT2D eigenvalue weighted by Gasteiger charge is 2.27. The second-order valence-corrected chi connectivity index (χ2v) is 10.6. The lowest BCUT2D eigenvalue weighted by atomic mass is 10.0. The van der Waals surface area contributed by atoms with Crippen LogP contribution in [0.4, 0.5) is 0 Å². The lowest BCUT2D eigenvalue weighted by Crippen LogP contribution is -2.51. The highest BCUT2D eigenvalue weighted by atomic mass is 16.1. The molecular formula is C38H58N3O2+. The van der Waals surface area contributed by atoms with Gasteiger partial charge in [-0.05, 0) is 61.6 Å². The first-order valence-electron chi connectivity index (χ1n) is 14.9. The van der Waals surface area contributed by atoms with Gasteiger partial charge in [0.15, 0.2) is 0 Å². The fourth-order valence-electron chi connectivity index (χ4n) is 4.38. The molecule has 0 saturated carbocycles. The number of carbonyl (C=O) groups excluding carboxylic acids is 2. The number of nitrogens with zero attached hydrogens (tertiary/aromatic N) is 2. The first kappa shape index (κ1) is 41.2. The van der Waals surface area contributed by atoms with Gasteiger partial charge in [0.1, 0.15) is 19.4 Å². The van der Waals surface area contributed by atoms with E-state index in [1.165, 1.54) is 53.9 Å².